The second kappa shape index (κ2) is 6.84. The third kappa shape index (κ3) is 3.03. The van der Waals surface area contributed by atoms with Gasteiger partial charge >= 0.3 is 0 Å². The zero-order valence-corrected chi connectivity index (χ0v) is 14.7. The molecule has 1 saturated heterocycles. The molecule has 0 saturated carbocycles. The molecule has 0 radical (unpaired) electrons. The quantitative estimate of drug-likeness (QED) is 0.657. The summed E-state index contributed by atoms with van der Waals surface area (Å²) in [7, 11) is 0. The largest absolute Gasteiger partial charge is 0.296 e. The summed E-state index contributed by atoms with van der Waals surface area (Å²) in [5.41, 5.74) is 2.87. The minimum Gasteiger partial charge on any atom is -0.296 e. The van der Waals surface area contributed by atoms with Crippen LogP contribution in [0, 0.1) is 0 Å². The van der Waals surface area contributed by atoms with Crippen LogP contribution in [-0.2, 0) is 6.42 Å². The van der Waals surface area contributed by atoms with Crippen LogP contribution in [-0.4, -0.2) is 18.0 Å². The fraction of sp³-hybridized carbons (Fsp3) is 0.333. The average Bonchev–Trinajstić information content (AvgIpc) is 2.97. The predicted octanol–water partition coefficient (Wildman–Crippen LogP) is 5.61. The van der Waals surface area contributed by atoms with Gasteiger partial charge < -0.3 is 0 Å². The fourth-order valence-electron chi connectivity index (χ4n) is 3.46. The predicted molar refractivity (Wildman–Crippen MR) is 96.5 cm³/mol. The lowest BCUT2D eigenvalue weighted by Gasteiger charge is -2.28. The molecule has 22 heavy (non-hydrogen) atoms. The van der Waals surface area contributed by atoms with E-state index in [-0.39, 0.29) is 12.4 Å². The minimum absolute atomic E-state index is 0. The first kappa shape index (κ1) is 16.2. The Morgan fingerprint density at radius 3 is 2.59 bits per heavy atom. The van der Waals surface area contributed by atoms with E-state index in [1.165, 1.54) is 46.8 Å². The van der Waals surface area contributed by atoms with Crippen LogP contribution < -0.4 is 0 Å². The molecule has 0 N–H and O–H groups in total. The normalized spacial score (nSPS) is 20.7. The van der Waals surface area contributed by atoms with E-state index < -0.39 is 0 Å². The van der Waals surface area contributed by atoms with Gasteiger partial charge in [-0.05, 0) is 67.7 Å². The summed E-state index contributed by atoms with van der Waals surface area (Å²) in [6.07, 6.45) is 3.74. The molecular formula is C18H19Cl2NS. The van der Waals surface area contributed by atoms with Gasteiger partial charge in [-0.25, -0.2) is 0 Å². The summed E-state index contributed by atoms with van der Waals surface area (Å²) in [6, 6.07) is 15.7. The lowest BCUT2D eigenvalue weighted by Crippen LogP contribution is -2.27. The van der Waals surface area contributed by atoms with Crippen molar-refractivity contribution in [3.8, 4) is 0 Å². The summed E-state index contributed by atoms with van der Waals surface area (Å²) in [5.74, 6) is 0. The van der Waals surface area contributed by atoms with Gasteiger partial charge in [-0.1, -0.05) is 41.6 Å². The summed E-state index contributed by atoms with van der Waals surface area (Å²) >= 11 is 8.17. The first-order chi connectivity index (χ1) is 10.3. The van der Waals surface area contributed by atoms with Crippen molar-refractivity contribution in [2.75, 3.05) is 13.1 Å². The summed E-state index contributed by atoms with van der Waals surface area (Å²) < 4.78 is 0. The number of nitrogens with zero attached hydrogens (tertiary/aromatic N) is 1. The summed E-state index contributed by atoms with van der Waals surface area (Å²) in [4.78, 5) is 5.39. The van der Waals surface area contributed by atoms with E-state index in [0.717, 1.165) is 11.4 Å². The van der Waals surface area contributed by atoms with Gasteiger partial charge in [0.25, 0.3) is 0 Å². The molecule has 4 rings (SSSR count). The monoisotopic (exact) mass is 351 g/mol. The summed E-state index contributed by atoms with van der Waals surface area (Å²) in [5, 5.41) is 0.851. The van der Waals surface area contributed by atoms with E-state index in [0.29, 0.717) is 6.04 Å². The van der Waals surface area contributed by atoms with Crippen LogP contribution in [0.4, 0.5) is 0 Å². The number of rotatable bonds is 1. The zero-order chi connectivity index (χ0) is 14.2. The Hall–Kier alpha value is -0.670. The molecule has 2 aromatic rings. The van der Waals surface area contributed by atoms with Gasteiger partial charge in [0.05, 0.1) is 0 Å². The van der Waals surface area contributed by atoms with Crippen LogP contribution in [0.3, 0.4) is 0 Å². The Bertz CT molecular complexity index is 668. The number of hydrogen-bond acceptors (Lipinski definition) is 2. The van der Waals surface area contributed by atoms with Crippen LogP contribution in [0.5, 0.6) is 0 Å². The van der Waals surface area contributed by atoms with Gasteiger partial charge in [-0.2, -0.15) is 0 Å². The Labute approximate surface area is 147 Å². The number of likely N-dealkylation sites (tertiary alicyclic amines) is 1. The molecule has 116 valence electrons. The maximum absolute atomic E-state index is 6.29. The highest BCUT2D eigenvalue weighted by molar-refractivity contribution is 7.99. The fourth-order valence-corrected chi connectivity index (χ4v) is 4.76. The Balaban J connectivity index is 0.00000144. The lowest BCUT2D eigenvalue weighted by atomic mass is 9.97. The average molecular weight is 352 g/mol. The standard InChI is InChI=1S/C18H18ClNS.ClH/c19-14-7-8-18-15(12-14)16(20-9-3-4-10-20)11-13-5-1-2-6-17(13)21-18;/h1-2,5-8,12,16H,3-4,9-11H2;1H. The van der Waals surface area contributed by atoms with Crippen molar-refractivity contribution in [2.24, 2.45) is 0 Å². The minimum atomic E-state index is 0. The first-order valence-corrected chi connectivity index (χ1v) is 8.80. The molecule has 1 atom stereocenters. The van der Waals surface area contributed by atoms with Crippen LogP contribution in [0.1, 0.15) is 30.0 Å². The van der Waals surface area contributed by atoms with Gasteiger partial charge in [-0.15, -0.1) is 12.4 Å². The molecule has 1 unspecified atom stereocenters. The molecule has 0 spiro atoms. The van der Waals surface area contributed by atoms with Crippen molar-refractivity contribution in [2.45, 2.75) is 35.1 Å². The second-order valence-electron chi connectivity index (χ2n) is 5.85. The molecule has 2 aliphatic rings. The van der Waals surface area contributed by atoms with E-state index >= 15 is 0 Å². The highest BCUT2D eigenvalue weighted by Gasteiger charge is 2.29. The van der Waals surface area contributed by atoms with Crippen LogP contribution in [0.15, 0.2) is 52.3 Å². The molecular weight excluding hydrogens is 333 g/mol. The highest BCUT2D eigenvalue weighted by Crippen LogP contribution is 2.44. The van der Waals surface area contributed by atoms with E-state index in [1.807, 2.05) is 17.8 Å². The lowest BCUT2D eigenvalue weighted by molar-refractivity contribution is 0.241. The van der Waals surface area contributed by atoms with Crippen LogP contribution in [0.2, 0.25) is 5.02 Å². The molecule has 4 heteroatoms. The second-order valence-corrected chi connectivity index (χ2v) is 7.38. The number of benzene rings is 2. The molecule has 0 amide bonds. The number of fused-ring (bicyclic) bond motifs is 2. The molecule has 2 aromatic carbocycles. The van der Waals surface area contributed by atoms with E-state index in [2.05, 4.69) is 41.3 Å². The van der Waals surface area contributed by atoms with Gasteiger partial charge in [0.1, 0.15) is 0 Å². The third-order valence-electron chi connectivity index (χ3n) is 4.52. The van der Waals surface area contributed by atoms with E-state index in [9.17, 15) is 0 Å². The molecule has 1 fully saturated rings. The molecule has 0 aliphatic carbocycles. The van der Waals surface area contributed by atoms with Gasteiger partial charge in [0, 0.05) is 20.9 Å². The van der Waals surface area contributed by atoms with Gasteiger partial charge in [0.2, 0.25) is 0 Å². The Morgan fingerprint density at radius 1 is 1.00 bits per heavy atom. The van der Waals surface area contributed by atoms with Crippen LogP contribution in [0.25, 0.3) is 0 Å². The van der Waals surface area contributed by atoms with Crippen LogP contribution >= 0.6 is 35.8 Å². The van der Waals surface area contributed by atoms with Crippen molar-refractivity contribution < 1.29 is 0 Å². The number of halogens is 2. The molecule has 2 heterocycles. The number of hydrogen-bond donors (Lipinski definition) is 0. The van der Waals surface area contributed by atoms with Crippen molar-refractivity contribution >= 4 is 35.8 Å². The SMILES string of the molecule is Cl.Clc1ccc2c(c1)C(N1CCCC1)Cc1ccccc1S2. The van der Waals surface area contributed by atoms with Crippen molar-refractivity contribution in [1.82, 2.24) is 4.90 Å². The maximum Gasteiger partial charge on any atom is 0.0410 e. The molecule has 1 nitrogen and oxygen atoms in total. The molecule has 0 aromatic heterocycles. The van der Waals surface area contributed by atoms with E-state index in [4.69, 9.17) is 11.6 Å². The van der Waals surface area contributed by atoms with Crippen molar-refractivity contribution in [3.05, 3.63) is 58.6 Å². The van der Waals surface area contributed by atoms with E-state index in [1.54, 1.807) is 0 Å². The summed E-state index contributed by atoms with van der Waals surface area (Å²) in [6.45, 7) is 2.42. The Kier molecular flexibility index (Phi) is 5.03. The zero-order valence-electron chi connectivity index (χ0n) is 12.3. The topological polar surface area (TPSA) is 3.24 Å². The highest BCUT2D eigenvalue weighted by atomic mass is 35.5. The Morgan fingerprint density at radius 2 is 1.77 bits per heavy atom. The third-order valence-corrected chi connectivity index (χ3v) is 5.96. The maximum atomic E-state index is 6.29. The molecule has 0 bridgehead atoms. The van der Waals surface area contributed by atoms with Gasteiger partial charge in [-0.3, -0.25) is 4.90 Å². The smallest absolute Gasteiger partial charge is 0.0410 e. The van der Waals surface area contributed by atoms with Crippen molar-refractivity contribution in [1.29, 1.82) is 0 Å². The van der Waals surface area contributed by atoms with Crippen molar-refractivity contribution in [3.63, 3.8) is 0 Å². The molecule has 2 aliphatic heterocycles. The first-order valence-electron chi connectivity index (χ1n) is 7.60. The van der Waals surface area contributed by atoms with Gasteiger partial charge in [0.15, 0.2) is 0 Å².